The molecule has 9 heteroatoms. The second kappa shape index (κ2) is 7.98. The molecule has 1 N–H and O–H groups in total. The van der Waals surface area contributed by atoms with E-state index in [1.807, 2.05) is 0 Å². The van der Waals surface area contributed by atoms with Gasteiger partial charge in [0.1, 0.15) is 11.1 Å². The maximum absolute atomic E-state index is 12.4. The molecular formula is C21H23ClO8. The minimum absolute atomic E-state index is 0.166. The van der Waals surface area contributed by atoms with Gasteiger partial charge in [0.2, 0.25) is 0 Å². The van der Waals surface area contributed by atoms with E-state index < -0.39 is 35.4 Å². The first-order valence-corrected chi connectivity index (χ1v) is 10.6. The van der Waals surface area contributed by atoms with Gasteiger partial charge in [-0.2, -0.15) is 0 Å². The van der Waals surface area contributed by atoms with Gasteiger partial charge in [0.25, 0.3) is 17.5 Å². The number of carbonyl (C=O) groups excluding carboxylic acids is 3. The first kappa shape index (κ1) is 20.8. The van der Waals surface area contributed by atoms with Gasteiger partial charge in [0.15, 0.2) is 0 Å². The summed E-state index contributed by atoms with van der Waals surface area (Å²) in [4.78, 5) is 37.2. The minimum atomic E-state index is -1.20. The lowest BCUT2D eigenvalue weighted by atomic mass is 9.93. The molecule has 0 atom stereocenters. The van der Waals surface area contributed by atoms with Gasteiger partial charge >= 0.3 is 17.9 Å². The Labute approximate surface area is 178 Å². The topological polar surface area (TPSA) is 108 Å². The Morgan fingerprint density at radius 2 is 1.23 bits per heavy atom. The molecule has 4 rings (SSSR count). The molecule has 0 bridgehead atoms. The lowest BCUT2D eigenvalue weighted by Gasteiger charge is -2.39. The highest BCUT2D eigenvalue weighted by Crippen LogP contribution is 2.39. The molecule has 3 fully saturated rings. The van der Waals surface area contributed by atoms with Gasteiger partial charge in [-0.25, -0.2) is 14.4 Å². The van der Waals surface area contributed by atoms with Gasteiger partial charge in [-0.05, 0) is 37.8 Å². The van der Waals surface area contributed by atoms with E-state index in [2.05, 4.69) is 0 Å². The van der Waals surface area contributed by atoms with Crippen molar-refractivity contribution in [3.63, 3.8) is 0 Å². The number of ether oxygens (including phenoxy) is 4. The largest absolute Gasteiger partial charge is 0.480 e. The van der Waals surface area contributed by atoms with Crippen LogP contribution in [0.1, 0.15) is 64.2 Å². The average Bonchev–Trinajstić information content (AvgIpc) is 2.69. The lowest BCUT2D eigenvalue weighted by Crippen LogP contribution is -2.47. The third-order valence-electron chi connectivity index (χ3n) is 5.80. The summed E-state index contributed by atoms with van der Waals surface area (Å²) in [5, 5.41) is 10.1. The van der Waals surface area contributed by atoms with E-state index in [4.69, 9.17) is 30.5 Å². The molecule has 4 aliphatic rings. The van der Waals surface area contributed by atoms with Crippen LogP contribution in [0.15, 0.2) is 34.3 Å². The van der Waals surface area contributed by atoms with Crippen molar-refractivity contribution in [2.24, 2.45) is 0 Å². The van der Waals surface area contributed by atoms with Crippen molar-refractivity contribution in [2.75, 3.05) is 0 Å². The number of rotatable bonds is 2. The van der Waals surface area contributed by atoms with Crippen molar-refractivity contribution in [2.45, 2.75) is 75.8 Å². The average molecular weight is 439 g/mol. The highest BCUT2D eigenvalue weighted by molar-refractivity contribution is 6.33. The van der Waals surface area contributed by atoms with Crippen molar-refractivity contribution in [1.82, 2.24) is 0 Å². The zero-order valence-electron chi connectivity index (χ0n) is 16.4. The first-order chi connectivity index (χ1) is 14.3. The Morgan fingerprint density at radius 1 is 0.767 bits per heavy atom. The molecule has 2 heterocycles. The van der Waals surface area contributed by atoms with E-state index >= 15 is 0 Å². The highest BCUT2D eigenvalue weighted by Gasteiger charge is 2.47. The summed E-state index contributed by atoms with van der Waals surface area (Å²) in [6.45, 7) is 0. The smallest absolute Gasteiger partial charge is 0.348 e. The Balaban J connectivity index is 1.52. The monoisotopic (exact) mass is 438 g/mol. The van der Waals surface area contributed by atoms with E-state index in [1.165, 1.54) is 0 Å². The SMILES string of the molecule is O=C1OC2(CCCCC2)OC(=O)C1=CC(Cl)=CC1=C(O)OC2(CCCCC2)OC1=O. The number of aliphatic hydroxyl groups excluding tert-OH is 1. The molecule has 0 amide bonds. The van der Waals surface area contributed by atoms with Crippen molar-refractivity contribution in [3.05, 3.63) is 34.3 Å². The molecular weight excluding hydrogens is 416 g/mol. The molecule has 2 aliphatic heterocycles. The van der Waals surface area contributed by atoms with E-state index in [1.54, 1.807) is 0 Å². The molecule has 2 saturated carbocycles. The van der Waals surface area contributed by atoms with Gasteiger partial charge in [-0.15, -0.1) is 0 Å². The number of esters is 3. The van der Waals surface area contributed by atoms with Crippen LogP contribution in [0.2, 0.25) is 0 Å². The summed E-state index contributed by atoms with van der Waals surface area (Å²) in [6.07, 6.45) is 9.30. The fourth-order valence-corrected chi connectivity index (χ4v) is 4.48. The highest BCUT2D eigenvalue weighted by atomic mass is 35.5. The number of carbonyl (C=O) groups is 3. The summed E-state index contributed by atoms with van der Waals surface area (Å²) in [5.41, 5.74) is -0.685. The second-order valence-corrected chi connectivity index (χ2v) is 8.46. The molecule has 8 nitrogen and oxygen atoms in total. The van der Waals surface area contributed by atoms with Crippen LogP contribution in [0, 0.1) is 0 Å². The maximum atomic E-state index is 12.4. The molecule has 2 spiro atoms. The van der Waals surface area contributed by atoms with Crippen molar-refractivity contribution >= 4 is 29.5 Å². The molecule has 0 aromatic carbocycles. The molecule has 0 unspecified atom stereocenters. The lowest BCUT2D eigenvalue weighted by molar-refractivity contribution is -0.249. The molecule has 1 saturated heterocycles. The molecule has 0 aromatic heterocycles. The number of hydrogen-bond donors (Lipinski definition) is 1. The molecule has 162 valence electrons. The fraction of sp³-hybridized carbons (Fsp3) is 0.571. The molecule has 30 heavy (non-hydrogen) atoms. The van der Waals surface area contributed by atoms with Gasteiger partial charge in [-0.3, -0.25) is 0 Å². The van der Waals surface area contributed by atoms with Gasteiger partial charge < -0.3 is 24.1 Å². The number of aliphatic hydroxyl groups is 1. The fourth-order valence-electron chi connectivity index (χ4n) is 4.26. The predicted molar refractivity (Wildman–Crippen MR) is 103 cm³/mol. The van der Waals surface area contributed by atoms with Crippen molar-refractivity contribution in [3.8, 4) is 0 Å². The van der Waals surface area contributed by atoms with Crippen molar-refractivity contribution in [1.29, 1.82) is 0 Å². The first-order valence-electron chi connectivity index (χ1n) is 10.2. The third-order valence-corrected chi connectivity index (χ3v) is 6.02. The summed E-state index contributed by atoms with van der Waals surface area (Å²) in [5.74, 6) is -5.39. The zero-order chi connectivity index (χ0) is 21.4. The Morgan fingerprint density at radius 3 is 1.73 bits per heavy atom. The Kier molecular flexibility index (Phi) is 5.53. The van der Waals surface area contributed by atoms with Crippen LogP contribution in [0.25, 0.3) is 0 Å². The minimum Gasteiger partial charge on any atom is -0.480 e. The number of allylic oxidation sites excluding steroid dienone is 2. The van der Waals surface area contributed by atoms with Crippen LogP contribution in [-0.2, 0) is 33.3 Å². The van der Waals surface area contributed by atoms with Crippen LogP contribution < -0.4 is 0 Å². The van der Waals surface area contributed by atoms with Crippen LogP contribution in [0.3, 0.4) is 0 Å². The van der Waals surface area contributed by atoms with E-state index in [9.17, 15) is 19.5 Å². The second-order valence-electron chi connectivity index (χ2n) is 8.02. The molecule has 0 radical (unpaired) electrons. The van der Waals surface area contributed by atoms with Gasteiger partial charge in [0.05, 0.1) is 0 Å². The van der Waals surface area contributed by atoms with Crippen LogP contribution in [-0.4, -0.2) is 34.6 Å². The summed E-state index contributed by atoms with van der Waals surface area (Å²) in [7, 11) is 0. The van der Waals surface area contributed by atoms with Gasteiger partial charge in [0, 0.05) is 30.7 Å². The predicted octanol–water partition coefficient (Wildman–Crippen LogP) is 3.80. The van der Waals surface area contributed by atoms with Crippen LogP contribution >= 0.6 is 11.6 Å². The Hall–Kier alpha value is -2.48. The van der Waals surface area contributed by atoms with E-state index in [0.29, 0.717) is 25.7 Å². The normalized spacial score (nSPS) is 26.1. The van der Waals surface area contributed by atoms with Crippen LogP contribution in [0.5, 0.6) is 0 Å². The van der Waals surface area contributed by atoms with E-state index in [0.717, 1.165) is 50.7 Å². The third kappa shape index (κ3) is 4.05. The molecule has 2 aliphatic carbocycles. The standard InChI is InChI=1S/C21H23ClO8/c22-13(11-14-16(23)27-20(28-17(14)24)7-3-1-4-8-20)12-15-18(25)29-21(30-19(15)26)9-5-2-6-10-21/h11-12,23H,1-10H2. The van der Waals surface area contributed by atoms with Crippen LogP contribution in [0.4, 0.5) is 0 Å². The summed E-state index contributed by atoms with van der Waals surface area (Å²) >= 11 is 6.12. The maximum Gasteiger partial charge on any atom is 0.348 e. The summed E-state index contributed by atoms with van der Waals surface area (Å²) in [6, 6.07) is 0. The summed E-state index contributed by atoms with van der Waals surface area (Å²) < 4.78 is 21.7. The Bertz CT molecular complexity index is 834. The number of hydrogen-bond acceptors (Lipinski definition) is 8. The van der Waals surface area contributed by atoms with Crippen molar-refractivity contribution < 1.29 is 38.4 Å². The zero-order valence-corrected chi connectivity index (χ0v) is 17.2. The number of halogens is 1. The van der Waals surface area contributed by atoms with Gasteiger partial charge in [-0.1, -0.05) is 24.4 Å². The molecule has 0 aromatic rings. The quantitative estimate of drug-likeness (QED) is 0.394. The van der Waals surface area contributed by atoms with E-state index in [-0.39, 0.29) is 16.2 Å².